The summed E-state index contributed by atoms with van der Waals surface area (Å²) in [4.78, 5) is 2.43. The Morgan fingerprint density at radius 2 is 2.33 bits per heavy atom. The van der Waals surface area contributed by atoms with Crippen LogP contribution < -0.4 is 4.74 Å². The molecule has 1 atom stereocenters. The molecule has 0 aliphatic carbocycles. The lowest BCUT2D eigenvalue weighted by molar-refractivity contribution is -0.0127. The lowest BCUT2D eigenvalue weighted by Gasteiger charge is -2.35. The van der Waals surface area contributed by atoms with Crippen LogP contribution in [0.25, 0.3) is 0 Å². The van der Waals surface area contributed by atoms with Gasteiger partial charge in [0.2, 0.25) is 0 Å². The number of phenolic OH excluding ortho intramolecular Hbond substituents is 1. The van der Waals surface area contributed by atoms with Crippen molar-refractivity contribution < 1.29 is 14.6 Å². The van der Waals surface area contributed by atoms with Crippen LogP contribution in [0.5, 0.6) is 11.5 Å². The van der Waals surface area contributed by atoms with Gasteiger partial charge in [-0.2, -0.15) is 0 Å². The molecule has 1 aromatic carbocycles. The molecule has 1 saturated heterocycles. The molecular weight excluding hydrogens is 230 g/mol. The van der Waals surface area contributed by atoms with Gasteiger partial charge in [0.1, 0.15) is 0 Å². The highest BCUT2D eigenvalue weighted by Gasteiger charge is 2.21. The molecule has 0 radical (unpaired) electrons. The number of nitrogens with zero attached hydrogens (tertiary/aromatic N) is 1. The number of methoxy groups -OCH3 is 1. The summed E-state index contributed by atoms with van der Waals surface area (Å²) in [6, 6.07) is 6.02. The number of ether oxygens (including phenoxy) is 2. The minimum absolute atomic E-state index is 0.190. The lowest BCUT2D eigenvalue weighted by Crippen LogP contribution is -2.44. The van der Waals surface area contributed by atoms with E-state index >= 15 is 0 Å². The zero-order valence-electron chi connectivity index (χ0n) is 11.1. The normalized spacial score (nSPS) is 20.9. The topological polar surface area (TPSA) is 41.9 Å². The van der Waals surface area contributed by atoms with Crippen molar-refractivity contribution >= 4 is 0 Å². The maximum Gasteiger partial charge on any atom is 0.160 e. The van der Waals surface area contributed by atoms with E-state index in [4.69, 9.17) is 9.47 Å². The van der Waals surface area contributed by atoms with E-state index in [0.717, 1.165) is 38.3 Å². The number of benzene rings is 1. The first-order chi connectivity index (χ1) is 8.74. The van der Waals surface area contributed by atoms with Crippen LogP contribution in [-0.2, 0) is 11.3 Å². The monoisotopic (exact) mass is 251 g/mol. The third kappa shape index (κ3) is 2.94. The summed E-state index contributed by atoms with van der Waals surface area (Å²) in [5.41, 5.74) is 1.16. The lowest BCUT2D eigenvalue weighted by atomic mass is 10.1. The third-order valence-corrected chi connectivity index (χ3v) is 3.45. The highest BCUT2D eigenvalue weighted by Crippen LogP contribution is 2.27. The fourth-order valence-corrected chi connectivity index (χ4v) is 2.33. The maximum atomic E-state index is 9.58. The van der Waals surface area contributed by atoms with Crippen molar-refractivity contribution in [3.05, 3.63) is 23.8 Å². The smallest absolute Gasteiger partial charge is 0.160 e. The Morgan fingerprint density at radius 3 is 3.06 bits per heavy atom. The Labute approximate surface area is 108 Å². The van der Waals surface area contributed by atoms with Crippen molar-refractivity contribution in [2.45, 2.75) is 25.9 Å². The van der Waals surface area contributed by atoms with Gasteiger partial charge in [0.05, 0.1) is 20.3 Å². The first-order valence-electron chi connectivity index (χ1n) is 6.42. The van der Waals surface area contributed by atoms with Gasteiger partial charge in [0, 0.05) is 19.1 Å². The molecule has 4 nitrogen and oxygen atoms in total. The number of hydrogen-bond donors (Lipinski definition) is 1. The Bertz CT molecular complexity index is 395. The van der Waals surface area contributed by atoms with Gasteiger partial charge in [-0.1, -0.05) is 13.0 Å². The van der Waals surface area contributed by atoms with Crippen LogP contribution in [0.4, 0.5) is 0 Å². The van der Waals surface area contributed by atoms with E-state index in [1.165, 1.54) is 0 Å². The molecule has 0 amide bonds. The second-order valence-electron chi connectivity index (χ2n) is 4.61. The number of morpholine rings is 1. The second kappa shape index (κ2) is 6.07. The van der Waals surface area contributed by atoms with Crippen LogP contribution in [-0.4, -0.2) is 42.9 Å². The van der Waals surface area contributed by atoms with Gasteiger partial charge in [-0.05, 0) is 24.1 Å². The molecule has 0 spiro atoms. The SMILES string of the molecule is CCC1COCCN1Cc1ccc(O)c(OC)c1. The molecule has 18 heavy (non-hydrogen) atoms. The predicted octanol–water partition coefficient (Wildman–Crippen LogP) is 2.01. The summed E-state index contributed by atoms with van der Waals surface area (Å²) in [7, 11) is 1.57. The minimum atomic E-state index is 0.190. The average Bonchev–Trinajstić information content (AvgIpc) is 2.41. The number of phenols is 1. The van der Waals surface area contributed by atoms with Gasteiger partial charge in [-0.3, -0.25) is 4.90 Å². The summed E-state index contributed by atoms with van der Waals surface area (Å²) in [6.45, 7) is 5.63. The van der Waals surface area contributed by atoms with E-state index in [-0.39, 0.29) is 5.75 Å². The molecule has 0 saturated carbocycles. The van der Waals surface area contributed by atoms with Gasteiger partial charge in [-0.25, -0.2) is 0 Å². The van der Waals surface area contributed by atoms with Crippen molar-refractivity contribution in [1.29, 1.82) is 0 Å². The molecule has 1 aliphatic rings. The molecule has 100 valence electrons. The number of aromatic hydroxyl groups is 1. The van der Waals surface area contributed by atoms with Crippen molar-refractivity contribution in [2.75, 3.05) is 26.9 Å². The van der Waals surface area contributed by atoms with Crippen molar-refractivity contribution in [3.8, 4) is 11.5 Å². The first-order valence-corrected chi connectivity index (χ1v) is 6.42. The van der Waals surface area contributed by atoms with Crippen LogP contribution in [0.15, 0.2) is 18.2 Å². The summed E-state index contributed by atoms with van der Waals surface area (Å²) < 4.78 is 10.6. The van der Waals surface area contributed by atoms with Crippen molar-refractivity contribution in [3.63, 3.8) is 0 Å². The first kappa shape index (κ1) is 13.2. The minimum Gasteiger partial charge on any atom is -0.504 e. The molecule has 1 unspecified atom stereocenters. The van der Waals surface area contributed by atoms with Crippen LogP contribution in [0.1, 0.15) is 18.9 Å². The molecule has 1 aliphatic heterocycles. The fourth-order valence-electron chi connectivity index (χ4n) is 2.33. The highest BCUT2D eigenvalue weighted by atomic mass is 16.5. The quantitative estimate of drug-likeness (QED) is 0.889. The molecule has 4 heteroatoms. The van der Waals surface area contributed by atoms with E-state index in [0.29, 0.717) is 11.8 Å². The van der Waals surface area contributed by atoms with Crippen molar-refractivity contribution in [2.24, 2.45) is 0 Å². The Hall–Kier alpha value is -1.26. The Morgan fingerprint density at radius 1 is 1.50 bits per heavy atom. The van der Waals surface area contributed by atoms with Gasteiger partial charge in [0.25, 0.3) is 0 Å². The van der Waals surface area contributed by atoms with E-state index in [1.807, 2.05) is 12.1 Å². The highest BCUT2D eigenvalue weighted by molar-refractivity contribution is 5.41. The third-order valence-electron chi connectivity index (χ3n) is 3.45. The summed E-state index contributed by atoms with van der Waals surface area (Å²) in [6.07, 6.45) is 1.09. The van der Waals surface area contributed by atoms with Gasteiger partial charge in [-0.15, -0.1) is 0 Å². The van der Waals surface area contributed by atoms with E-state index in [9.17, 15) is 5.11 Å². The van der Waals surface area contributed by atoms with Gasteiger partial charge < -0.3 is 14.6 Å². The number of hydrogen-bond acceptors (Lipinski definition) is 4. The molecule has 1 aromatic rings. The largest absolute Gasteiger partial charge is 0.504 e. The summed E-state index contributed by atoms with van der Waals surface area (Å²) in [5, 5.41) is 9.58. The zero-order chi connectivity index (χ0) is 13.0. The molecule has 1 heterocycles. The molecule has 0 aromatic heterocycles. The second-order valence-corrected chi connectivity index (χ2v) is 4.61. The maximum absolute atomic E-state index is 9.58. The van der Waals surface area contributed by atoms with Crippen LogP contribution in [0.2, 0.25) is 0 Å². The van der Waals surface area contributed by atoms with Crippen LogP contribution in [0.3, 0.4) is 0 Å². The van der Waals surface area contributed by atoms with Crippen LogP contribution in [0, 0.1) is 0 Å². The van der Waals surface area contributed by atoms with E-state index in [2.05, 4.69) is 11.8 Å². The predicted molar refractivity (Wildman–Crippen MR) is 70.0 cm³/mol. The Balaban J connectivity index is 2.07. The van der Waals surface area contributed by atoms with Gasteiger partial charge >= 0.3 is 0 Å². The molecule has 1 N–H and O–H groups in total. The Kier molecular flexibility index (Phi) is 4.44. The van der Waals surface area contributed by atoms with Gasteiger partial charge in [0.15, 0.2) is 11.5 Å². The van der Waals surface area contributed by atoms with E-state index < -0.39 is 0 Å². The van der Waals surface area contributed by atoms with E-state index in [1.54, 1.807) is 13.2 Å². The number of rotatable bonds is 4. The molecule has 1 fully saturated rings. The standard InChI is InChI=1S/C14H21NO3/c1-3-12-10-18-7-6-15(12)9-11-4-5-13(16)14(8-11)17-2/h4-5,8,12,16H,3,6-7,9-10H2,1-2H3. The van der Waals surface area contributed by atoms with Crippen molar-refractivity contribution in [1.82, 2.24) is 4.90 Å². The zero-order valence-corrected chi connectivity index (χ0v) is 11.1. The van der Waals surface area contributed by atoms with Crippen LogP contribution >= 0.6 is 0 Å². The average molecular weight is 251 g/mol. The summed E-state index contributed by atoms with van der Waals surface area (Å²) >= 11 is 0. The molecule has 0 bridgehead atoms. The summed E-state index contributed by atoms with van der Waals surface area (Å²) in [5.74, 6) is 0.726. The molecular formula is C14H21NO3. The fraction of sp³-hybridized carbons (Fsp3) is 0.571. The molecule has 2 rings (SSSR count).